The minimum absolute atomic E-state index is 0.270. The van der Waals surface area contributed by atoms with E-state index in [4.69, 9.17) is 0 Å². The fourth-order valence-electron chi connectivity index (χ4n) is 3.22. The monoisotopic (exact) mass is 342 g/mol. The smallest absolute Gasteiger partial charge is 0.245 e. The van der Waals surface area contributed by atoms with E-state index in [1.54, 1.807) is 24.7 Å². The molecule has 3 aromatic rings. The zero-order valence-corrected chi connectivity index (χ0v) is 14.2. The van der Waals surface area contributed by atoms with E-state index in [1.807, 2.05) is 29.7 Å². The summed E-state index contributed by atoms with van der Waals surface area (Å²) in [5.74, 6) is 0. The number of fused-ring (bicyclic) bond motifs is 2. The van der Waals surface area contributed by atoms with Crippen molar-refractivity contribution in [3.05, 3.63) is 54.2 Å². The van der Waals surface area contributed by atoms with Crippen molar-refractivity contribution in [1.82, 2.24) is 18.8 Å². The van der Waals surface area contributed by atoms with Crippen LogP contribution in [0.4, 0.5) is 0 Å². The minimum atomic E-state index is -3.60. The lowest BCUT2D eigenvalue weighted by Crippen LogP contribution is -2.36. The Morgan fingerprint density at radius 3 is 2.83 bits per heavy atom. The van der Waals surface area contributed by atoms with E-state index >= 15 is 0 Å². The Bertz CT molecular complexity index is 992. The standard InChI is InChI=1S/C17H18N4O2S/c1-2-20-12-19-14-8-10-21(11-15(14)20)24(22,23)16-7-3-5-13-6-4-9-18-17(13)16/h3-7,9,12H,2,8,10-11H2,1H3. The van der Waals surface area contributed by atoms with Crippen LogP contribution in [0, 0.1) is 0 Å². The number of pyridine rings is 1. The summed E-state index contributed by atoms with van der Waals surface area (Å²) < 4.78 is 29.9. The van der Waals surface area contributed by atoms with Crippen LogP contribution in [0.25, 0.3) is 10.9 Å². The van der Waals surface area contributed by atoms with E-state index in [0.717, 1.165) is 23.3 Å². The molecular formula is C17H18N4O2S. The topological polar surface area (TPSA) is 68.1 Å². The van der Waals surface area contributed by atoms with Crippen molar-refractivity contribution in [2.75, 3.05) is 6.54 Å². The fraction of sp³-hybridized carbons (Fsp3) is 0.294. The van der Waals surface area contributed by atoms with E-state index in [2.05, 4.69) is 9.97 Å². The third-order valence-corrected chi connectivity index (χ3v) is 6.39. The molecule has 24 heavy (non-hydrogen) atoms. The summed E-state index contributed by atoms with van der Waals surface area (Å²) in [6.45, 7) is 3.62. The Kier molecular flexibility index (Phi) is 3.62. The molecule has 0 saturated carbocycles. The summed E-state index contributed by atoms with van der Waals surface area (Å²) in [4.78, 5) is 8.95. The van der Waals surface area contributed by atoms with Crippen molar-refractivity contribution in [3.8, 4) is 0 Å². The zero-order chi connectivity index (χ0) is 16.7. The summed E-state index contributed by atoms with van der Waals surface area (Å²) in [5.41, 5.74) is 2.51. The minimum Gasteiger partial charge on any atom is -0.333 e. The van der Waals surface area contributed by atoms with E-state index in [1.165, 1.54) is 4.31 Å². The summed E-state index contributed by atoms with van der Waals surface area (Å²) >= 11 is 0. The number of para-hydroxylation sites is 1. The Balaban J connectivity index is 1.78. The largest absolute Gasteiger partial charge is 0.333 e. The number of benzene rings is 1. The van der Waals surface area contributed by atoms with Gasteiger partial charge in [-0.2, -0.15) is 4.31 Å². The molecule has 0 radical (unpaired) electrons. The number of sulfonamides is 1. The number of imidazole rings is 1. The van der Waals surface area contributed by atoms with Gasteiger partial charge >= 0.3 is 0 Å². The average Bonchev–Trinajstić information content (AvgIpc) is 3.03. The van der Waals surface area contributed by atoms with Crippen molar-refractivity contribution in [3.63, 3.8) is 0 Å². The molecule has 7 heteroatoms. The second-order valence-electron chi connectivity index (χ2n) is 5.84. The van der Waals surface area contributed by atoms with E-state index in [0.29, 0.717) is 25.0 Å². The molecular weight excluding hydrogens is 324 g/mol. The first-order chi connectivity index (χ1) is 11.6. The first-order valence-electron chi connectivity index (χ1n) is 7.98. The number of aromatic nitrogens is 3. The number of hydrogen-bond acceptors (Lipinski definition) is 4. The van der Waals surface area contributed by atoms with Gasteiger partial charge in [-0.1, -0.05) is 18.2 Å². The summed E-state index contributed by atoms with van der Waals surface area (Å²) in [6, 6.07) is 8.97. The molecule has 2 aromatic heterocycles. The normalized spacial score (nSPS) is 15.5. The summed E-state index contributed by atoms with van der Waals surface area (Å²) in [5, 5.41) is 0.829. The van der Waals surface area contributed by atoms with Crippen LogP contribution in [-0.2, 0) is 29.5 Å². The van der Waals surface area contributed by atoms with Gasteiger partial charge < -0.3 is 4.57 Å². The third kappa shape index (κ3) is 2.32. The highest BCUT2D eigenvalue weighted by Crippen LogP contribution is 2.28. The average molecular weight is 342 g/mol. The van der Waals surface area contributed by atoms with Gasteiger partial charge in [0.25, 0.3) is 0 Å². The third-order valence-electron chi connectivity index (χ3n) is 4.51. The van der Waals surface area contributed by atoms with Gasteiger partial charge in [0, 0.05) is 31.1 Å². The number of aryl methyl sites for hydroxylation is 1. The first kappa shape index (κ1) is 15.3. The van der Waals surface area contributed by atoms with Gasteiger partial charge in [-0.25, -0.2) is 13.4 Å². The molecule has 0 aliphatic carbocycles. The molecule has 0 atom stereocenters. The second kappa shape index (κ2) is 5.68. The highest BCUT2D eigenvalue weighted by Gasteiger charge is 2.31. The second-order valence-corrected chi connectivity index (χ2v) is 7.75. The van der Waals surface area contributed by atoms with Gasteiger partial charge in [0.05, 0.1) is 29.8 Å². The quantitative estimate of drug-likeness (QED) is 0.732. The Hall–Kier alpha value is -2.25. The molecule has 1 aliphatic heterocycles. The molecule has 1 aliphatic rings. The highest BCUT2D eigenvalue weighted by atomic mass is 32.2. The SMILES string of the molecule is CCn1cnc2c1CN(S(=O)(=O)c1cccc3cccnc13)CC2. The molecule has 3 heterocycles. The highest BCUT2D eigenvalue weighted by molar-refractivity contribution is 7.89. The molecule has 6 nitrogen and oxygen atoms in total. The van der Waals surface area contributed by atoms with Gasteiger partial charge in [-0.15, -0.1) is 0 Å². The molecule has 0 saturated heterocycles. The predicted octanol–water partition coefficient (Wildman–Crippen LogP) is 2.20. The van der Waals surface area contributed by atoms with E-state index < -0.39 is 10.0 Å². The van der Waals surface area contributed by atoms with Crippen molar-refractivity contribution >= 4 is 20.9 Å². The molecule has 0 amide bonds. The number of hydrogen-bond donors (Lipinski definition) is 0. The first-order valence-corrected chi connectivity index (χ1v) is 9.42. The van der Waals surface area contributed by atoms with Crippen LogP contribution in [0.5, 0.6) is 0 Å². The van der Waals surface area contributed by atoms with Crippen molar-refractivity contribution in [1.29, 1.82) is 0 Å². The van der Waals surface area contributed by atoms with Crippen LogP contribution in [0.1, 0.15) is 18.3 Å². The zero-order valence-electron chi connectivity index (χ0n) is 13.4. The summed E-state index contributed by atoms with van der Waals surface area (Å²) in [7, 11) is -3.60. The van der Waals surface area contributed by atoms with Gasteiger partial charge in [0.2, 0.25) is 10.0 Å². The van der Waals surface area contributed by atoms with Gasteiger partial charge in [0.1, 0.15) is 4.90 Å². The van der Waals surface area contributed by atoms with Crippen LogP contribution < -0.4 is 0 Å². The van der Waals surface area contributed by atoms with E-state index in [9.17, 15) is 8.42 Å². The van der Waals surface area contributed by atoms with Crippen molar-refractivity contribution in [2.45, 2.75) is 31.3 Å². The van der Waals surface area contributed by atoms with Crippen LogP contribution in [0.15, 0.2) is 47.8 Å². The summed E-state index contributed by atoms with van der Waals surface area (Å²) in [6.07, 6.45) is 4.06. The Morgan fingerprint density at radius 2 is 2.00 bits per heavy atom. The van der Waals surface area contributed by atoms with Crippen LogP contribution in [0.3, 0.4) is 0 Å². The molecule has 0 unspecified atom stereocenters. The van der Waals surface area contributed by atoms with Crippen molar-refractivity contribution < 1.29 is 8.42 Å². The molecule has 1 aromatic carbocycles. The Morgan fingerprint density at radius 1 is 1.17 bits per heavy atom. The molecule has 0 fully saturated rings. The van der Waals surface area contributed by atoms with Crippen LogP contribution in [-0.4, -0.2) is 33.8 Å². The van der Waals surface area contributed by atoms with Gasteiger partial charge in [0.15, 0.2) is 0 Å². The maximum Gasteiger partial charge on any atom is 0.245 e. The molecule has 0 spiro atoms. The van der Waals surface area contributed by atoms with E-state index in [-0.39, 0.29) is 4.90 Å². The fourth-order valence-corrected chi connectivity index (χ4v) is 4.79. The van der Waals surface area contributed by atoms with Gasteiger partial charge in [-0.3, -0.25) is 4.98 Å². The van der Waals surface area contributed by atoms with Gasteiger partial charge in [-0.05, 0) is 19.1 Å². The maximum atomic E-state index is 13.2. The number of nitrogens with zero attached hydrogens (tertiary/aromatic N) is 4. The Labute approximate surface area is 140 Å². The predicted molar refractivity (Wildman–Crippen MR) is 90.9 cm³/mol. The lowest BCUT2D eigenvalue weighted by Gasteiger charge is -2.27. The lowest BCUT2D eigenvalue weighted by molar-refractivity contribution is 0.378. The maximum absolute atomic E-state index is 13.2. The van der Waals surface area contributed by atoms with Crippen LogP contribution >= 0.6 is 0 Å². The molecule has 0 N–H and O–H groups in total. The lowest BCUT2D eigenvalue weighted by atomic mass is 10.2. The molecule has 124 valence electrons. The molecule has 4 rings (SSSR count). The van der Waals surface area contributed by atoms with Crippen LogP contribution in [0.2, 0.25) is 0 Å². The number of rotatable bonds is 3. The van der Waals surface area contributed by atoms with Crippen molar-refractivity contribution in [2.24, 2.45) is 0 Å². The molecule has 0 bridgehead atoms.